The zero-order chi connectivity index (χ0) is 19.2. The number of hydrogen-bond acceptors (Lipinski definition) is 6. The van der Waals surface area contributed by atoms with E-state index in [1.165, 1.54) is 12.1 Å². The molecule has 1 saturated heterocycles. The number of amides is 1. The van der Waals surface area contributed by atoms with Crippen molar-refractivity contribution in [2.24, 2.45) is 0 Å². The minimum atomic E-state index is -2.58. The molecule has 0 saturated carbocycles. The van der Waals surface area contributed by atoms with Gasteiger partial charge in [0.05, 0.1) is 31.0 Å². The van der Waals surface area contributed by atoms with Gasteiger partial charge in [-0.05, 0) is 25.1 Å². The molecule has 3 rings (SSSR count). The molecule has 0 unspecified atom stereocenters. The number of halogens is 2. The molecule has 1 N–H and O–H groups in total. The molecule has 0 aliphatic carbocycles. The maximum atomic E-state index is 12.7. The van der Waals surface area contributed by atoms with Crippen molar-refractivity contribution in [1.29, 1.82) is 0 Å². The van der Waals surface area contributed by atoms with Gasteiger partial charge in [-0.15, -0.1) is 0 Å². The Labute approximate surface area is 160 Å². The van der Waals surface area contributed by atoms with E-state index in [1.807, 2.05) is 11.8 Å². The van der Waals surface area contributed by atoms with Crippen LogP contribution in [0.15, 0.2) is 35.2 Å². The number of carbonyl (C=O) groups excluding carboxylic acids is 1. The van der Waals surface area contributed by atoms with Crippen LogP contribution in [0.5, 0.6) is 0 Å². The molecule has 6 nitrogen and oxygen atoms in total. The Kier molecular flexibility index (Phi) is 6.57. The highest BCUT2D eigenvalue weighted by Gasteiger charge is 2.17. The van der Waals surface area contributed by atoms with Gasteiger partial charge < -0.3 is 15.0 Å². The van der Waals surface area contributed by atoms with Gasteiger partial charge in [-0.25, -0.2) is 9.97 Å². The van der Waals surface area contributed by atoms with Crippen LogP contribution in [-0.4, -0.2) is 47.9 Å². The second-order valence-electron chi connectivity index (χ2n) is 5.96. The Bertz CT molecular complexity index is 801. The lowest BCUT2D eigenvalue weighted by Crippen LogP contribution is -2.37. The van der Waals surface area contributed by atoms with Crippen LogP contribution < -0.4 is 10.2 Å². The van der Waals surface area contributed by atoms with Gasteiger partial charge in [-0.3, -0.25) is 4.79 Å². The van der Waals surface area contributed by atoms with Crippen LogP contribution in [-0.2, 0) is 11.3 Å². The first-order valence-electron chi connectivity index (χ1n) is 8.52. The third-order valence-electron chi connectivity index (χ3n) is 3.97. The van der Waals surface area contributed by atoms with Gasteiger partial charge >= 0.3 is 0 Å². The molecule has 0 radical (unpaired) electrons. The van der Waals surface area contributed by atoms with E-state index in [-0.39, 0.29) is 17.0 Å². The van der Waals surface area contributed by atoms with Crippen molar-refractivity contribution >= 4 is 23.6 Å². The van der Waals surface area contributed by atoms with Crippen molar-refractivity contribution in [1.82, 2.24) is 15.3 Å². The lowest BCUT2D eigenvalue weighted by molar-refractivity contribution is 0.0947. The first kappa shape index (κ1) is 19.5. The average Bonchev–Trinajstić information content (AvgIpc) is 2.66. The van der Waals surface area contributed by atoms with Crippen LogP contribution in [0, 0.1) is 6.92 Å². The number of ether oxygens (including phenoxy) is 1. The van der Waals surface area contributed by atoms with Crippen LogP contribution in [0.4, 0.5) is 14.7 Å². The Morgan fingerprint density at radius 1 is 1.30 bits per heavy atom. The van der Waals surface area contributed by atoms with E-state index in [0.717, 1.165) is 5.69 Å². The number of thioether (sulfide) groups is 1. The summed E-state index contributed by atoms with van der Waals surface area (Å²) in [6, 6.07) is 8.12. The Morgan fingerprint density at radius 3 is 2.78 bits per heavy atom. The molecular formula is C18H20F2N4O2S. The lowest BCUT2D eigenvalue weighted by Gasteiger charge is -2.27. The standard InChI is InChI=1S/C18H20F2N4O2S/c1-12-10-13(23-18(22-12)24-6-8-26-9-7-24)11-21-16(25)14-4-2-3-5-15(14)27-17(19)20/h2-5,10,17H,6-9,11H2,1H3,(H,21,25). The maximum Gasteiger partial charge on any atom is 0.288 e. The molecule has 9 heteroatoms. The highest BCUT2D eigenvalue weighted by molar-refractivity contribution is 7.99. The highest BCUT2D eigenvalue weighted by Crippen LogP contribution is 2.28. The SMILES string of the molecule is Cc1cc(CNC(=O)c2ccccc2SC(F)F)nc(N2CCOCC2)n1. The lowest BCUT2D eigenvalue weighted by atomic mass is 10.2. The molecule has 1 fully saturated rings. The molecule has 1 aromatic heterocycles. The fourth-order valence-corrected chi connectivity index (χ4v) is 3.37. The fourth-order valence-electron chi connectivity index (χ4n) is 2.73. The highest BCUT2D eigenvalue weighted by atomic mass is 32.2. The smallest absolute Gasteiger partial charge is 0.288 e. The molecule has 0 atom stereocenters. The van der Waals surface area contributed by atoms with Gasteiger partial charge in [-0.1, -0.05) is 23.9 Å². The van der Waals surface area contributed by atoms with Crippen molar-refractivity contribution in [3.63, 3.8) is 0 Å². The van der Waals surface area contributed by atoms with Crippen molar-refractivity contribution in [2.45, 2.75) is 24.1 Å². The minimum absolute atomic E-state index is 0.188. The number of aromatic nitrogens is 2. The molecule has 1 aromatic carbocycles. The van der Waals surface area contributed by atoms with Gasteiger partial charge in [0.15, 0.2) is 0 Å². The molecule has 2 aromatic rings. The Morgan fingerprint density at radius 2 is 2.04 bits per heavy atom. The number of hydrogen-bond donors (Lipinski definition) is 1. The third-order valence-corrected chi connectivity index (χ3v) is 4.76. The summed E-state index contributed by atoms with van der Waals surface area (Å²) < 4.78 is 30.7. The molecule has 1 aliphatic heterocycles. The zero-order valence-electron chi connectivity index (χ0n) is 14.8. The van der Waals surface area contributed by atoms with E-state index < -0.39 is 11.7 Å². The number of morpholine rings is 1. The Hall–Kier alpha value is -2.26. The molecular weight excluding hydrogens is 374 g/mol. The molecule has 2 heterocycles. The summed E-state index contributed by atoms with van der Waals surface area (Å²) in [5, 5.41) is 2.76. The van der Waals surface area contributed by atoms with Gasteiger partial charge in [0.25, 0.3) is 11.7 Å². The molecule has 1 aliphatic rings. The van der Waals surface area contributed by atoms with Gasteiger partial charge in [0.1, 0.15) is 0 Å². The number of anilines is 1. The Balaban J connectivity index is 1.69. The van der Waals surface area contributed by atoms with Crippen LogP contribution in [0.3, 0.4) is 0 Å². The number of nitrogens with one attached hydrogen (secondary N) is 1. The van der Waals surface area contributed by atoms with E-state index in [2.05, 4.69) is 15.3 Å². The van der Waals surface area contributed by atoms with E-state index in [4.69, 9.17) is 4.74 Å². The van der Waals surface area contributed by atoms with Crippen LogP contribution in [0.1, 0.15) is 21.7 Å². The molecule has 0 spiro atoms. The summed E-state index contributed by atoms with van der Waals surface area (Å²) in [6.07, 6.45) is 0. The number of benzene rings is 1. The number of rotatable bonds is 6. The average molecular weight is 394 g/mol. The van der Waals surface area contributed by atoms with E-state index in [9.17, 15) is 13.6 Å². The first-order chi connectivity index (χ1) is 13.0. The summed E-state index contributed by atoms with van der Waals surface area (Å²) in [5.74, 6) is -2.39. The minimum Gasteiger partial charge on any atom is -0.378 e. The van der Waals surface area contributed by atoms with Gasteiger partial charge in [0.2, 0.25) is 5.95 Å². The summed E-state index contributed by atoms with van der Waals surface area (Å²) in [7, 11) is 0. The molecule has 27 heavy (non-hydrogen) atoms. The van der Waals surface area contributed by atoms with Crippen LogP contribution in [0.2, 0.25) is 0 Å². The van der Waals surface area contributed by atoms with Crippen LogP contribution in [0.25, 0.3) is 0 Å². The summed E-state index contributed by atoms with van der Waals surface area (Å²) >= 11 is 0.360. The predicted molar refractivity (Wildman–Crippen MR) is 99.3 cm³/mol. The van der Waals surface area contributed by atoms with Crippen LogP contribution >= 0.6 is 11.8 Å². The molecule has 0 bridgehead atoms. The van der Waals surface area contributed by atoms with Gasteiger partial charge in [-0.2, -0.15) is 8.78 Å². The monoisotopic (exact) mass is 394 g/mol. The van der Waals surface area contributed by atoms with E-state index in [0.29, 0.717) is 49.7 Å². The summed E-state index contributed by atoms with van der Waals surface area (Å²) in [6.45, 7) is 4.74. The maximum absolute atomic E-state index is 12.7. The normalized spacial score (nSPS) is 14.4. The summed E-state index contributed by atoms with van der Waals surface area (Å²) in [5.41, 5.74) is 1.68. The topological polar surface area (TPSA) is 67.4 Å². The second-order valence-corrected chi connectivity index (χ2v) is 6.99. The van der Waals surface area contributed by atoms with Crippen molar-refractivity contribution in [3.8, 4) is 0 Å². The zero-order valence-corrected chi connectivity index (χ0v) is 15.6. The van der Waals surface area contributed by atoms with Gasteiger partial charge in [0, 0.05) is 23.7 Å². The number of aryl methyl sites for hydroxylation is 1. The molecule has 1 amide bonds. The predicted octanol–water partition coefficient (Wildman–Crippen LogP) is 2.87. The second kappa shape index (κ2) is 9.09. The largest absolute Gasteiger partial charge is 0.378 e. The molecule has 144 valence electrons. The van der Waals surface area contributed by atoms with E-state index >= 15 is 0 Å². The van der Waals surface area contributed by atoms with Crippen molar-refractivity contribution < 1.29 is 18.3 Å². The summed E-state index contributed by atoms with van der Waals surface area (Å²) in [4.78, 5) is 23.7. The number of nitrogens with zero attached hydrogens (tertiary/aromatic N) is 3. The number of alkyl halides is 2. The van der Waals surface area contributed by atoms with Crippen molar-refractivity contribution in [3.05, 3.63) is 47.3 Å². The first-order valence-corrected chi connectivity index (χ1v) is 9.40. The number of carbonyl (C=O) groups is 1. The third kappa shape index (κ3) is 5.36. The quantitative estimate of drug-likeness (QED) is 0.760. The fraction of sp³-hybridized carbons (Fsp3) is 0.389. The van der Waals surface area contributed by atoms with Crippen molar-refractivity contribution in [2.75, 3.05) is 31.2 Å². The van der Waals surface area contributed by atoms with E-state index in [1.54, 1.807) is 18.2 Å².